The van der Waals surface area contributed by atoms with Crippen molar-refractivity contribution in [3.05, 3.63) is 54.6 Å². The molecule has 2 rings (SSSR count). The Morgan fingerprint density at radius 3 is 2.00 bits per heavy atom. The zero-order valence-corrected chi connectivity index (χ0v) is 14.1. The quantitative estimate of drug-likeness (QED) is 0.848. The highest BCUT2D eigenvalue weighted by atomic mass is 16.5. The summed E-state index contributed by atoms with van der Waals surface area (Å²) in [6.45, 7) is 5.22. The summed E-state index contributed by atoms with van der Waals surface area (Å²) in [6.07, 6.45) is 0.420. The van der Waals surface area contributed by atoms with Crippen molar-refractivity contribution >= 4 is 23.2 Å². The minimum Gasteiger partial charge on any atom is -0.478 e. The monoisotopic (exact) mass is 326 g/mol. The van der Waals surface area contributed by atoms with Gasteiger partial charge in [0.25, 0.3) is 5.91 Å². The molecule has 2 amide bonds. The van der Waals surface area contributed by atoms with E-state index in [-0.39, 0.29) is 11.8 Å². The number of rotatable bonds is 6. The van der Waals surface area contributed by atoms with Crippen LogP contribution in [0.3, 0.4) is 0 Å². The van der Waals surface area contributed by atoms with Gasteiger partial charge in [-0.05, 0) is 50.2 Å². The lowest BCUT2D eigenvalue weighted by atomic mass is 10.1. The van der Waals surface area contributed by atoms with E-state index in [1.54, 1.807) is 57.2 Å². The SMILES string of the molecule is CCC(=O)Nc1ccc(NC(=O)C(C)(C)Oc2ccccc2)cc1. The van der Waals surface area contributed by atoms with Crippen molar-refractivity contribution in [2.75, 3.05) is 10.6 Å². The first-order valence-corrected chi connectivity index (χ1v) is 7.86. The molecule has 0 saturated carbocycles. The molecule has 2 aromatic carbocycles. The van der Waals surface area contributed by atoms with E-state index < -0.39 is 5.60 Å². The third-order valence-corrected chi connectivity index (χ3v) is 3.41. The molecule has 0 aliphatic rings. The first-order valence-electron chi connectivity index (χ1n) is 7.86. The number of ether oxygens (including phenoxy) is 1. The molecule has 0 radical (unpaired) electrons. The third kappa shape index (κ3) is 4.84. The zero-order valence-electron chi connectivity index (χ0n) is 14.1. The Hall–Kier alpha value is -2.82. The van der Waals surface area contributed by atoms with Crippen LogP contribution in [0.15, 0.2) is 54.6 Å². The number of anilines is 2. The van der Waals surface area contributed by atoms with E-state index >= 15 is 0 Å². The lowest BCUT2D eigenvalue weighted by Crippen LogP contribution is -2.42. The Kier molecular flexibility index (Phi) is 5.58. The van der Waals surface area contributed by atoms with Crippen LogP contribution in [0.4, 0.5) is 11.4 Å². The van der Waals surface area contributed by atoms with Crippen LogP contribution in [-0.4, -0.2) is 17.4 Å². The van der Waals surface area contributed by atoms with Gasteiger partial charge in [-0.2, -0.15) is 0 Å². The molecule has 0 aliphatic carbocycles. The first-order chi connectivity index (χ1) is 11.4. The lowest BCUT2D eigenvalue weighted by Gasteiger charge is -2.25. The number of carbonyl (C=O) groups excluding carboxylic acids is 2. The van der Waals surface area contributed by atoms with Crippen LogP contribution in [0, 0.1) is 0 Å². The maximum absolute atomic E-state index is 12.4. The van der Waals surface area contributed by atoms with Crippen LogP contribution >= 0.6 is 0 Å². The normalized spacial score (nSPS) is 10.8. The fraction of sp³-hybridized carbons (Fsp3) is 0.263. The number of amides is 2. The predicted octanol–water partition coefficient (Wildman–Crippen LogP) is 3.83. The highest BCUT2D eigenvalue weighted by molar-refractivity contribution is 5.97. The van der Waals surface area contributed by atoms with Crippen molar-refractivity contribution in [1.82, 2.24) is 0 Å². The van der Waals surface area contributed by atoms with Crippen LogP contribution in [0.25, 0.3) is 0 Å². The van der Waals surface area contributed by atoms with Crippen LogP contribution < -0.4 is 15.4 Å². The Labute approximate surface area is 142 Å². The molecule has 2 N–H and O–H groups in total. The molecule has 5 nitrogen and oxygen atoms in total. The highest BCUT2D eigenvalue weighted by Crippen LogP contribution is 2.20. The maximum atomic E-state index is 12.4. The number of hydrogen-bond acceptors (Lipinski definition) is 3. The molecule has 0 fully saturated rings. The topological polar surface area (TPSA) is 67.4 Å². The number of nitrogens with one attached hydrogen (secondary N) is 2. The van der Waals surface area contributed by atoms with Gasteiger partial charge in [0.05, 0.1) is 0 Å². The molecule has 0 aromatic heterocycles. The number of para-hydroxylation sites is 1. The van der Waals surface area contributed by atoms with Crippen LogP contribution in [0.5, 0.6) is 5.75 Å². The minimum atomic E-state index is -1.02. The Morgan fingerprint density at radius 2 is 1.46 bits per heavy atom. The molecule has 0 spiro atoms. The summed E-state index contributed by atoms with van der Waals surface area (Å²) in [4.78, 5) is 23.8. The van der Waals surface area contributed by atoms with Crippen molar-refractivity contribution in [2.45, 2.75) is 32.8 Å². The highest BCUT2D eigenvalue weighted by Gasteiger charge is 2.30. The van der Waals surface area contributed by atoms with Gasteiger partial charge in [0, 0.05) is 17.8 Å². The van der Waals surface area contributed by atoms with E-state index in [0.29, 0.717) is 23.5 Å². The van der Waals surface area contributed by atoms with Crippen molar-refractivity contribution in [3.8, 4) is 5.75 Å². The van der Waals surface area contributed by atoms with Gasteiger partial charge in [-0.1, -0.05) is 25.1 Å². The van der Waals surface area contributed by atoms with Crippen LogP contribution in [-0.2, 0) is 9.59 Å². The fourth-order valence-corrected chi connectivity index (χ4v) is 2.00. The van der Waals surface area contributed by atoms with Crippen molar-refractivity contribution < 1.29 is 14.3 Å². The molecule has 0 saturated heterocycles. The second-order valence-electron chi connectivity index (χ2n) is 5.86. The Morgan fingerprint density at radius 1 is 0.917 bits per heavy atom. The van der Waals surface area contributed by atoms with E-state index in [0.717, 1.165) is 0 Å². The van der Waals surface area contributed by atoms with E-state index in [1.807, 2.05) is 18.2 Å². The van der Waals surface area contributed by atoms with Crippen LogP contribution in [0.2, 0.25) is 0 Å². The van der Waals surface area contributed by atoms with E-state index in [9.17, 15) is 9.59 Å². The average molecular weight is 326 g/mol. The fourth-order valence-electron chi connectivity index (χ4n) is 2.00. The maximum Gasteiger partial charge on any atom is 0.267 e. The van der Waals surface area contributed by atoms with E-state index in [2.05, 4.69) is 10.6 Å². The molecular formula is C19H22N2O3. The molecule has 5 heteroatoms. The van der Waals surface area contributed by atoms with E-state index in [1.165, 1.54) is 0 Å². The first kappa shape index (κ1) is 17.5. The van der Waals surface area contributed by atoms with E-state index in [4.69, 9.17) is 4.74 Å². The van der Waals surface area contributed by atoms with Gasteiger partial charge in [-0.15, -0.1) is 0 Å². The summed E-state index contributed by atoms with van der Waals surface area (Å²) in [7, 11) is 0. The van der Waals surface area contributed by atoms with Crippen LogP contribution in [0.1, 0.15) is 27.2 Å². The summed E-state index contributed by atoms with van der Waals surface area (Å²) >= 11 is 0. The average Bonchev–Trinajstić information content (AvgIpc) is 2.57. The molecular weight excluding hydrogens is 304 g/mol. The second kappa shape index (κ2) is 7.64. The van der Waals surface area contributed by atoms with Gasteiger partial charge >= 0.3 is 0 Å². The lowest BCUT2D eigenvalue weighted by molar-refractivity contribution is -0.128. The predicted molar refractivity (Wildman–Crippen MR) is 95.1 cm³/mol. The van der Waals surface area contributed by atoms with Gasteiger partial charge in [-0.3, -0.25) is 9.59 Å². The molecule has 0 aliphatic heterocycles. The number of carbonyl (C=O) groups is 2. The molecule has 24 heavy (non-hydrogen) atoms. The smallest absolute Gasteiger partial charge is 0.267 e. The number of hydrogen-bond donors (Lipinski definition) is 2. The number of benzene rings is 2. The van der Waals surface area contributed by atoms with Gasteiger partial charge < -0.3 is 15.4 Å². The Bertz CT molecular complexity index is 694. The third-order valence-electron chi connectivity index (χ3n) is 3.41. The zero-order chi connectivity index (χ0) is 17.6. The summed E-state index contributed by atoms with van der Waals surface area (Å²) in [5.41, 5.74) is 0.315. The standard InChI is InChI=1S/C19H22N2O3/c1-4-17(22)20-14-10-12-15(13-11-14)21-18(23)19(2,3)24-16-8-6-5-7-9-16/h5-13H,4H2,1-3H3,(H,20,22)(H,21,23). The van der Waals surface area contributed by atoms with Gasteiger partial charge in [0.1, 0.15) is 5.75 Å². The van der Waals surface area contributed by atoms with Gasteiger partial charge in [0.15, 0.2) is 5.60 Å². The van der Waals surface area contributed by atoms with Crippen molar-refractivity contribution in [1.29, 1.82) is 0 Å². The molecule has 126 valence electrons. The second-order valence-corrected chi connectivity index (χ2v) is 5.86. The Balaban J connectivity index is 1.99. The van der Waals surface area contributed by atoms with Gasteiger partial charge in [-0.25, -0.2) is 0 Å². The molecule has 2 aromatic rings. The molecule has 0 bridgehead atoms. The summed E-state index contributed by atoms with van der Waals surface area (Å²) < 4.78 is 5.76. The van der Waals surface area contributed by atoms with Crippen molar-refractivity contribution in [2.24, 2.45) is 0 Å². The molecule has 0 unspecified atom stereocenters. The summed E-state index contributed by atoms with van der Waals surface area (Å²) in [5, 5.41) is 5.58. The van der Waals surface area contributed by atoms with Gasteiger partial charge in [0.2, 0.25) is 5.91 Å². The summed E-state index contributed by atoms with van der Waals surface area (Å²) in [5.74, 6) is 0.330. The van der Waals surface area contributed by atoms with Crippen molar-refractivity contribution in [3.63, 3.8) is 0 Å². The largest absolute Gasteiger partial charge is 0.478 e. The summed E-state index contributed by atoms with van der Waals surface area (Å²) in [6, 6.07) is 16.2. The molecule has 0 heterocycles. The minimum absolute atomic E-state index is 0.0517. The molecule has 0 atom stereocenters.